The van der Waals surface area contributed by atoms with Crippen LogP contribution in [0.1, 0.15) is 17.5 Å². The second-order valence-electron chi connectivity index (χ2n) is 3.95. The summed E-state index contributed by atoms with van der Waals surface area (Å²) in [5.74, 6) is 5.95. The van der Waals surface area contributed by atoms with Gasteiger partial charge in [-0.15, -0.1) is 5.10 Å². The van der Waals surface area contributed by atoms with Gasteiger partial charge in [0.25, 0.3) is 0 Å². The van der Waals surface area contributed by atoms with Gasteiger partial charge in [-0.2, -0.15) is 0 Å². The maximum absolute atomic E-state index is 13.3. The van der Waals surface area contributed by atoms with Crippen LogP contribution in [-0.4, -0.2) is 31.9 Å². The molecule has 0 aliphatic carbocycles. The van der Waals surface area contributed by atoms with E-state index in [4.69, 9.17) is 5.11 Å². The Kier molecular flexibility index (Phi) is 5.09. The molecular weight excluding hydrogens is 279 g/mol. The van der Waals surface area contributed by atoms with Crippen LogP contribution in [0.15, 0.2) is 23.4 Å². The molecule has 5 nitrogen and oxygen atoms in total. The molecule has 1 aromatic carbocycles. The van der Waals surface area contributed by atoms with Crippen LogP contribution in [0.25, 0.3) is 0 Å². The number of thioether (sulfide) groups is 1. The number of hydrogen-bond acceptors (Lipinski definition) is 5. The third-order valence-corrected chi connectivity index (χ3v) is 3.53. The van der Waals surface area contributed by atoms with Gasteiger partial charge in [0.1, 0.15) is 5.82 Å². The molecule has 1 N–H and O–H groups in total. The van der Waals surface area contributed by atoms with E-state index in [-0.39, 0.29) is 12.4 Å². The van der Waals surface area contributed by atoms with E-state index in [1.807, 2.05) is 0 Å². The molecule has 1 heterocycles. The number of aliphatic hydroxyl groups excluding tert-OH is 1. The van der Waals surface area contributed by atoms with Crippen molar-refractivity contribution in [3.63, 3.8) is 0 Å². The monoisotopic (exact) mass is 292 g/mol. The molecule has 1 aromatic heterocycles. The van der Waals surface area contributed by atoms with Gasteiger partial charge in [0.05, 0.1) is 6.61 Å². The molecule has 0 bridgehead atoms. The predicted octanol–water partition coefficient (Wildman–Crippen LogP) is 1.38. The van der Waals surface area contributed by atoms with Crippen molar-refractivity contribution in [1.82, 2.24) is 20.2 Å². The summed E-state index contributed by atoms with van der Waals surface area (Å²) in [5.41, 5.74) is 1.53. The van der Waals surface area contributed by atoms with Crippen molar-refractivity contribution in [2.45, 2.75) is 17.3 Å². The minimum absolute atomic E-state index is 0.00297. The Labute approximate surface area is 120 Å². The Bertz CT molecular complexity index is 647. The number of hydrogen-bond donors (Lipinski definition) is 1. The van der Waals surface area contributed by atoms with E-state index >= 15 is 0 Å². The Hall–Kier alpha value is -1.91. The molecule has 0 fully saturated rings. The van der Waals surface area contributed by atoms with E-state index in [1.165, 1.54) is 23.9 Å². The first kappa shape index (κ1) is 14.5. The average Bonchev–Trinajstić information content (AvgIpc) is 2.84. The smallest absolute Gasteiger partial charge is 0.209 e. The second-order valence-corrected chi connectivity index (χ2v) is 4.89. The Morgan fingerprint density at radius 3 is 3.00 bits per heavy atom. The summed E-state index contributed by atoms with van der Waals surface area (Å²) in [6, 6.07) is 4.51. The third kappa shape index (κ3) is 3.79. The van der Waals surface area contributed by atoms with Crippen LogP contribution in [0.4, 0.5) is 4.39 Å². The lowest BCUT2D eigenvalue weighted by Crippen LogP contribution is -1.95. The molecule has 0 unspecified atom stereocenters. The molecule has 0 aliphatic heterocycles. The molecule has 2 aromatic rings. The molecule has 0 spiro atoms. The maximum atomic E-state index is 13.3. The molecule has 7 heteroatoms. The lowest BCUT2D eigenvalue weighted by Gasteiger charge is -2.04. The first-order valence-corrected chi connectivity index (χ1v) is 6.92. The van der Waals surface area contributed by atoms with Gasteiger partial charge in [-0.25, -0.2) is 9.07 Å². The van der Waals surface area contributed by atoms with Gasteiger partial charge in [0.2, 0.25) is 5.16 Å². The van der Waals surface area contributed by atoms with Crippen molar-refractivity contribution in [3.05, 3.63) is 35.1 Å². The highest BCUT2D eigenvalue weighted by atomic mass is 32.2. The molecular formula is C13H13FN4OS. The molecule has 2 rings (SSSR count). The van der Waals surface area contributed by atoms with Gasteiger partial charge in [0, 0.05) is 24.8 Å². The van der Waals surface area contributed by atoms with Crippen LogP contribution in [-0.2, 0) is 12.8 Å². The van der Waals surface area contributed by atoms with Crippen LogP contribution >= 0.6 is 11.8 Å². The minimum atomic E-state index is -0.327. The van der Waals surface area contributed by atoms with Crippen LogP contribution in [0, 0.1) is 17.7 Å². The number of aryl methyl sites for hydroxylation is 1. The SMILES string of the molecule is Cn1nnnc1SCc1ccc(F)cc1C#CCCO. The van der Waals surface area contributed by atoms with E-state index in [0.29, 0.717) is 22.9 Å². The third-order valence-electron chi connectivity index (χ3n) is 2.47. The minimum Gasteiger partial charge on any atom is -0.395 e. The quantitative estimate of drug-likeness (QED) is 0.681. The summed E-state index contributed by atoms with van der Waals surface area (Å²) in [5, 5.41) is 20.6. The molecule has 0 radical (unpaired) electrons. The number of nitrogens with zero attached hydrogens (tertiary/aromatic N) is 4. The fourth-order valence-corrected chi connectivity index (χ4v) is 2.34. The standard InChI is InChI=1S/C13H13FN4OS/c1-18-13(15-16-17-18)20-9-11-5-6-12(14)8-10(11)4-2-3-7-19/h5-6,8,19H,3,7,9H2,1H3. The molecule has 0 amide bonds. The topological polar surface area (TPSA) is 63.8 Å². The van der Waals surface area contributed by atoms with Crippen LogP contribution < -0.4 is 0 Å². The number of halogens is 1. The fraction of sp³-hybridized carbons (Fsp3) is 0.308. The van der Waals surface area contributed by atoms with Crippen LogP contribution in [0.5, 0.6) is 0 Å². The van der Waals surface area contributed by atoms with Crippen LogP contribution in [0.3, 0.4) is 0 Å². The molecule has 0 saturated heterocycles. The molecule has 0 atom stereocenters. The zero-order valence-electron chi connectivity index (χ0n) is 10.9. The number of tetrazole rings is 1. The number of aromatic nitrogens is 4. The maximum Gasteiger partial charge on any atom is 0.209 e. The fourth-order valence-electron chi connectivity index (χ4n) is 1.49. The van der Waals surface area contributed by atoms with E-state index in [9.17, 15) is 4.39 Å². The van der Waals surface area contributed by atoms with E-state index in [2.05, 4.69) is 27.4 Å². The highest BCUT2D eigenvalue weighted by Gasteiger charge is 2.07. The van der Waals surface area contributed by atoms with Crippen LogP contribution in [0.2, 0.25) is 0 Å². The van der Waals surface area contributed by atoms with Gasteiger partial charge in [-0.3, -0.25) is 0 Å². The van der Waals surface area contributed by atoms with Crippen molar-refractivity contribution in [1.29, 1.82) is 0 Å². The number of benzene rings is 1. The lowest BCUT2D eigenvalue weighted by atomic mass is 10.1. The predicted molar refractivity (Wildman–Crippen MR) is 73.3 cm³/mol. The van der Waals surface area contributed by atoms with Gasteiger partial charge < -0.3 is 5.11 Å². The second kappa shape index (κ2) is 7.03. The Balaban J connectivity index is 2.15. The molecule has 20 heavy (non-hydrogen) atoms. The summed E-state index contributed by atoms with van der Waals surface area (Å²) in [7, 11) is 1.76. The van der Waals surface area contributed by atoms with E-state index in [1.54, 1.807) is 17.8 Å². The highest BCUT2D eigenvalue weighted by Crippen LogP contribution is 2.22. The summed E-state index contributed by atoms with van der Waals surface area (Å²) in [6.07, 6.45) is 0.371. The van der Waals surface area contributed by atoms with Crippen molar-refractivity contribution in [2.24, 2.45) is 7.05 Å². The summed E-state index contributed by atoms with van der Waals surface area (Å²) in [4.78, 5) is 0. The average molecular weight is 292 g/mol. The number of aliphatic hydroxyl groups is 1. The first-order chi connectivity index (χ1) is 9.70. The Morgan fingerprint density at radius 1 is 1.45 bits per heavy atom. The summed E-state index contributed by atoms with van der Waals surface area (Å²) >= 11 is 1.45. The van der Waals surface area contributed by atoms with E-state index < -0.39 is 0 Å². The normalized spacial score (nSPS) is 10.2. The van der Waals surface area contributed by atoms with Gasteiger partial charge in [0.15, 0.2) is 0 Å². The zero-order chi connectivity index (χ0) is 14.4. The highest BCUT2D eigenvalue weighted by molar-refractivity contribution is 7.98. The summed E-state index contributed by atoms with van der Waals surface area (Å²) in [6.45, 7) is -0.00297. The van der Waals surface area contributed by atoms with Crippen molar-refractivity contribution in [2.75, 3.05) is 6.61 Å². The van der Waals surface area contributed by atoms with Crippen molar-refractivity contribution >= 4 is 11.8 Å². The van der Waals surface area contributed by atoms with Gasteiger partial charge >= 0.3 is 0 Å². The molecule has 0 saturated carbocycles. The zero-order valence-corrected chi connectivity index (χ0v) is 11.7. The van der Waals surface area contributed by atoms with Crippen molar-refractivity contribution < 1.29 is 9.50 Å². The number of rotatable bonds is 4. The lowest BCUT2D eigenvalue weighted by molar-refractivity contribution is 0.305. The van der Waals surface area contributed by atoms with Crippen molar-refractivity contribution in [3.8, 4) is 11.8 Å². The first-order valence-electron chi connectivity index (χ1n) is 5.94. The van der Waals surface area contributed by atoms with Gasteiger partial charge in [-0.05, 0) is 28.1 Å². The van der Waals surface area contributed by atoms with E-state index in [0.717, 1.165) is 5.56 Å². The molecule has 0 aliphatic rings. The Morgan fingerprint density at radius 2 is 2.30 bits per heavy atom. The largest absolute Gasteiger partial charge is 0.395 e. The van der Waals surface area contributed by atoms with Gasteiger partial charge in [-0.1, -0.05) is 29.7 Å². The molecule has 104 valence electrons. The summed E-state index contributed by atoms with van der Waals surface area (Å²) < 4.78 is 14.8.